The van der Waals surface area contributed by atoms with Gasteiger partial charge >= 0.3 is 18.3 Å². The van der Waals surface area contributed by atoms with Crippen LogP contribution in [-0.2, 0) is 42.6 Å². The van der Waals surface area contributed by atoms with Crippen molar-refractivity contribution < 1.29 is 42.6 Å². The third-order valence-corrected chi connectivity index (χ3v) is 22.7. The molecule has 0 bridgehead atoms. The summed E-state index contributed by atoms with van der Waals surface area (Å²) in [6.45, 7) is 19.7. The summed E-state index contributed by atoms with van der Waals surface area (Å²) >= 11 is 8.09. The molecule has 0 saturated heterocycles. The van der Waals surface area contributed by atoms with E-state index in [1.54, 1.807) is 0 Å². The van der Waals surface area contributed by atoms with Gasteiger partial charge in [-0.05, 0) is 179 Å². The van der Waals surface area contributed by atoms with Crippen molar-refractivity contribution in [2.24, 2.45) is 14.2 Å². The van der Waals surface area contributed by atoms with E-state index in [1.165, 1.54) is 0 Å². The highest BCUT2D eigenvalue weighted by molar-refractivity contribution is 9.11. The zero-order chi connectivity index (χ0) is 52.6. The lowest BCUT2D eigenvalue weighted by molar-refractivity contribution is -0.423. The monoisotopic (exact) mass is 1160 g/mol. The Hall–Kier alpha value is 0.0800. The van der Waals surface area contributed by atoms with E-state index in [2.05, 4.69) is 41.2 Å². The van der Waals surface area contributed by atoms with Crippen molar-refractivity contribution in [3.05, 3.63) is 8.95 Å². The number of rotatable bonds is 33. The SMILES string of the molecule is CCOC(OCC)(OCC)N(C)P(=Nc1nc(N=P(N(C)C)(N(C)C)N(C)C(OCC)(OCC)OCC)c(Br)c(N=P(N(C)C)(N(C)C)N(C)C(OCC)(OCC)OCC)c1Br)(N(C)C)N(C)C. The van der Waals surface area contributed by atoms with Crippen LogP contribution in [0.5, 0.6) is 0 Å². The van der Waals surface area contributed by atoms with E-state index in [4.69, 9.17) is 61.9 Å². The Bertz CT molecular complexity index is 1690. The average Bonchev–Trinajstić information content (AvgIpc) is 3.25. The van der Waals surface area contributed by atoms with Gasteiger partial charge in [-0.2, -0.15) is 14.0 Å². The highest BCUT2D eigenvalue weighted by Gasteiger charge is 2.52. The van der Waals surface area contributed by atoms with Gasteiger partial charge in [0.25, 0.3) is 0 Å². The van der Waals surface area contributed by atoms with Crippen LogP contribution in [0.3, 0.4) is 0 Å². The van der Waals surface area contributed by atoms with E-state index >= 15 is 0 Å². The van der Waals surface area contributed by atoms with Crippen LogP contribution in [0, 0.1) is 0 Å². The number of nitrogens with zero attached hydrogens (tertiary/aromatic N) is 13. The Morgan fingerprint density at radius 1 is 0.353 bits per heavy atom. The van der Waals surface area contributed by atoms with E-state index in [0.717, 1.165) is 0 Å². The summed E-state index contributed by atoms with van der Waals surface area (Å²) in [6.07, 6.45) is -4.89. The lowest BCUT2D eigenvalue weighted by Gasteiger charge is -2.50. The molecule has 0 N–H and O–H groups in total. The van der Waals surface area contributed by atoms with Gasteiger partial charge in [-0.3, -0.25) is 28.0 Å². The topological polar surface area (TPSA) is 162 Å². The maximum Gasteiger partial charge on any atom is 0.359 e. The van der Waals surface area contributed by atoms with Crippen LogP contribution in [0.1, 0.15) is 62.3 Å². The van der Waals surface area contributed by atoms with Gasteiger partial charge in [0.1, 0.15) is 5.69 Å². The molecule has 1 aromatic heterocycles. The predicted molar refractivity (Wildman–Crippen MR) is 285 cm³/mol. The number of ether oxygens (including phenoxy) is 9. The van der Waals surface area contributed by atoms with Gasteiger partial charge in [-0.25, -0.2) is 19.2 Å². The minimum absolute atomic E-state index is 0.277. The lowest BCUT2D eigenvalue weighted by Crippen LogP contribution is -2.54. The second-order valence-electron chi connectivity index (χ2n) is 15.8. The molecule has 0 saturated carbocycles. The zero-order valence-corrected chi connectivity index (χ0v) is 51.8. The second kappa shape index (κ2) is 29.2. The zero-order valence-electron chi connectivity index (χ0n) is 45.9. The van der Waals surface area contributed by atoms with E-state index in [0.29, 0.717) is 74.1 Å². The van der Waals surface area contributed by atoms with Crippen LogP contribution < -0.4 is 0 Å². The first-order chi connectivity index (χ1) is 31.8. The highest BCUT2D eigenvalue weighted by Crippen LogP contribution is 2.67. The first-order valence-electron chi connectivity index (χ1n) is 23.1. The molecule has 0 aliphatic rings. The van der Waals surface area contributed by atoms with Crippen LogP contribution in [0.4, 0.5) is 17.3 Å². The Kier molecular flexibility index (Phi) is 28.4. The molecule has 0 spiro atoms. The van der Waals surface area contributed by atoms with Gasteiger partial charge < -0.3 is 42.6 Å². The minimum atomic E-state index is -3.18. The Morgan fingerprint density at radius 2 is 0.529 bits per heavy atom. The maximum absolute atomic E-state index is 6.42. The Morgan fingerprint density at radius 3 is 0.691 bits per heavy atom. The first kappa shape index (κ1) is 66.1. The molecule has 0 radical (unpaired) electrons. The molecule has 402 valence electrons. The molecule has 0 aliphatic heterocycles. The molecule has 0 aliphatic carbocycles. The van der Waals surface area contributed by atoms with Crippen LogP contribution >= 0.6 is 54.4 Å². The maximum atomic E-state index is 6.42. The van der Waals surface area contributed by atoms with Crippen molar-refractivity contribution in [2.75, 3.05) is 165 Å². The largest absolute Gasteiger partial charge is 0.359 e. The van der Waals surface area contributed by atoms with Gasteiger partial charge in [0, 0.05) is 21.1 Å². The Balaban J connectivity index is 5.43. The van der Waals surface area contributed by atoms with Gasteiger partial charge in [0.05, 0.1) is 68.4 Å². The van der Waals surface area contributed by atoms with Crippen molar-refractivity contribution in [2.45, 2.75) is 80.6 Å². The number of halogens is 2. The van der Waals surface area contributed by atoms with Crippen molar-refractivity contribution in [3.63, 3.8) is 0 Å². The molecule has 0 fully saturated rings. The fourth-order valence-electron chi connectivity index (χ4n) is 7.89. The van der Waals surface area contributed by atoms with Crippen molar-refractivity contribution in [1.82, 2.24) is 47.0 Å². The number of aromatic nitrogens is 1. The lowest BCUT2D eigenvalue weighted by atomic mass is 10.4. The first-order valence-corrected chi connectivity index (χ1v) is 29.5. The van der Waals surface area contributed by atoms with Crippen molar-refractivity contribution in [1.29, 1.82) is 0 Å². The molecule has 1 heterocycles. The molecule has 0 atom stereocenters. The summed E-state index contributed by atoms with van der Waals surface area (Å²) < 4.78 is 93.9. The molecule has 68 heavy (non-hydrogen) atoms. The smallest absolute Gasteiger partial charge is 0.314 e. The summed E-state index contributed by atoms with van der Waals surface area (Å²) in [4.78, 5) is 5.40. The standard InChI is InChI=1S/C41H90Br2N13O9P3/c1-25-57-39(58-26-2,59-27-3)54(22)66(48(10)11,49(12)13)45-36-34(42)37(46-67(50(14)15,51(16)17)55(23)40(60-28-4,61-29-5)62-30-6)44-38(35(36)43)47-68(52(18)19,53(20)21)56(24)41(63-31-7,64-32-8)65-33-9/h25-33H2,1-24H3. The highest BCUT2D eigenvalue weighted by atomic mass is 79.9. The predicted octanol–water partition coefficient (Wildman–Crippen LogP) is 9.67. The third kappa shape index (κ3) is 13.7. The average molecular weight is 1160 g/mol. The van der Waals surface area contributed by atoms with Gasteiger partial charge in [0.2, 0.25) is 0 Å². The molecule has 1 aromatic rings. The molecule has 27 heteroatoms. The molecule has 0 aromatic carbocycles. The summed E-state index contributed by atoms with van der Waals surface area (Å²) in [5.41, 5.74) is 0.450. The van der Waals surface area contributed by atoms with Crippen LogP contribution in [0.25, 0.3) is 0 Å². The van der Waals surface area contributed by atoms with Gasteiger partial charge in [0.15, 0.2) is 34.2 Å². The van der Waals surface area contributed by atoms with Crippen LogP contribution in [0.15, 0.2) is 23.2 Å². The van der Waals surface area contributed by atoms with Gasteiger partial charge in [-0.1, -0.05) is 0 Å². The quantitative estimate of drug-likeness (QED) is 0.0482. The van der Waals surface area contributed by atoms with Crippen LogP contribution in [0.2, 0.25) is 0 Å². The molecule has 1 rings (SSSR count). The molecule has 0 amide bonds. The van der Waals surface area contributed by atoms with E-state index in [9.17, 15) is 0 Å². The minimum Gasteiger partial charge on any atom is -0.314 e. The van der Waals surface area contributed by atoms with Crippen LogP contribution in [-0.4, -0.2) is 230 Å². The molecular formula is C41H90Br2N13O9P3. The normalized spacial score (nSPS) is 13.9. The number of hydrogen-bond donors (Lipinski definition) is 0. The van der Waals surface area contributed by atoms with Crippen molar-refractivity contribution in [3.8, 4) is 0 Å². The van der Waals surface area contributed by atoms with Gasteiger partial charge in [-0.15, -0.1) is 0 Å². The fraction of sp³-hybridized carbons (Fsp3) is 0.878. The third-order valence-electron chi connectivity index (χ3n) is 10.3. The molecular weight excluding hydrogens is 1070 g/mol. The Labute approximate surface area is 428 Å². The summed E-state index contributed by atoms with van der Waals surface area (Å²) in [7, 11) is 19.7. The summed E-state index contributed by atoms with van der Waals surface area (Å²) in [5, 5.41) is 0. The van der Waals surface area contributed by atoms with E-state index in [1.807, 2.05) is 201 Å². The van der Waals surface area contributed by atoms with Crippen molar-refractivity contribution >= 4 is 71.7 Å². The number of pyridine rings is 1. The molecule has 22 nitrogen and oxygen atoms in total. The molecule has 0 unspecified atom stereocenters. The summed E-state index contributed by atoms with van der Waals surface area (Å²) in [5.74, 6) is 0.555. The second-order valence-corrected chi connectivity index (χ2v) is 27.8. The summed E-state index contributed by atoms with van der Waals surface area (Å²) in [6, 6.07) is 0. The van der Waals surface area contributed by atoms with E-state index in [-0.39, 0.29) is 11.6 Å². The fourth-order valence-corrected chi connectivity index (χ4v) is 19.2. The number of hydrogen-bond acceptors (Lipinski definition) is 13. The van der Waals surface area contributed by atoms with E-state index < -0.39 is 40.8 Å².